The molecule has 0 aliphatic rings. The monoisotopic (exact) mass is 443 g/mol. The molecule has 9 heteroatoms. The maximum absolute atomic E-state index is 12.6. The van der Waals surface area contributed by atoms with Crippen LogP contribution in [0.5, 0.6) is 0 Å². The van der Waals surface area contributed by atoms with E-state index in [-0.39, 0.29) is 10.8 Å². The van der Waals surface area contributed by atoms with E-state index >= 15 is 0 Å². The van der Waals surface area contributed by atoms with Crippen LogP contribution in [0.15, 0.2) is 29.0 Å². The molecule has 0 aromatic carbocycles. The van der Waals surface area contributed by atoms with Gasteiger partial charge in [0.25, 0.3) is 0 Å². The second-order valence-electron chi connectivity index (χ2n) is 8.23. The number of rotatable bonds is 6. The summed E-state index contributed by atoms with van der Waals surface area (Å²) in [4.78, 5) is 4.46. The molecule has 0 saturated carbocycles. The zero-order valence-corrected chi connectivity index (χ0v) is 19.0. The fourth-order valence-corrected chi connectivity index (χ4v) is 4.29. The van der Waals surface area contributed by atoms with Gasteiger partial charge in [0.2, 0.25) is 0 Å². The van der Waals surface area contributed by atoms with Crippen LogP contribution in [0, 0.1) is 0 Å². The Bertz CT molecular complexity index is 696. The van der Waals surface area contributed by atoms with E-state index in [9.17, 15) is 4.55 Å². The first-order chi connectivity index (χ1) is 11.5. The summed E-state index contributed by atoms with van der Waals surface area (Å²) in [5.41, 5.74) is 1.49. The number of aromatic nitrogens is 4. The standard InChI is InChI=1S/C16H26BrN5OSSi/c1-16(2,3)24(23)20-15(13-8-7-12(17)9-18-13)14-10-22(21-19-14)11-25(4,5)6/h7-10,15,20H,11H2,1-6H3/t15-,24?/m0/s1. The lowest BCUT2D eigenvalue weighted by Gasteiger charge is -2.27. The Morgan fingerprint density at radius 2 is 1.96 bits per heavy atom. The van der Waals surface area contributed by atoms with Crippen molar-refractivity contribution in [3.63, 3.8) is 0 Å². The average Bonchev–Trinajstić information content (AvgIpc) is 2.90. The number of halogens is 1. The third-order valence-electron chi connectivity index (χ3n) is 3.32. The number of nitrogens with one attached hydrogen (secondary N) is 1. The van der Waals surface area contributed by atoms with Gasteiger partial charge in [-0.1, -0.05) is 24.9 Å². The third kappa shape index (κ3) is 6.17. The van der Waals surface area contributed by atoms with Crippen LogP contribution in [0.4, 0.5) is 0 Å². The summed E-state index contributed by atoms with van der Waals surface area (Å²) in [7, 11) is -1.31. The Balaban J connectivity index is 2.33. The molecular weight excluding hydrogens is 418 g/mol. The molecule has 1 N–H and O–H groups in total. The van der Waals surface area contributed by atoms with Crippen LogP contribution in [0.25, 0.3) is 0 Å². The third-order valence-corrected chi connectivity index (χ3v) is 6.62. The summed E-state index contributed by atoms with van der Waals surface area (Å²) < 4.78 is 18.2. The van der Waals surface area contributed by atoms with Crippen LogP contribution in [-0.2, 0) is 17.5 Å². The van der Waals surface area contributed by atoms with Gasteiger partial charge in [0.05, 0.1) is 20.0 Å². The Labute approximate surface area is 162 Å². The number of pyridine rings is 1. The van der Waals surface area contributed by atoms with Crippen molar-refractivity contribution in [1.82, 2.24) is 24.7 Å². The summed E-state index contributed by atoms with van der Waals surface area (Å²) in [5.74, 6) is 0. The van der Waals surface area contributed by atoms with E-state index in [1.807, 2.05) is 43.8 Å². The lowest BCUT2D eigenvalue weighted by atomic mass is 10.1. The highest BCUT2D eigenvalue weighted by atomic mass is 79.9. The Hall–Kier alpha value is -0.743. The van der Waals surface area contributed by atoms with Crippen LogP contribution in [-0.4, -0.2) is 37.4 Å². The van der Waals surface area contributed by atoms with Gasteiger partial charge >= 0.3 is 0 Å². The predicted molar refractivity (Wildman–Crippen MR) is 108 cm³/mol. The van der Waals surface area contributed by atoms with Crippen molar-refractivity contribution < 1.29 is 4.55 Å². The first-order valence-electron chi connectivity index (χ1n) is 8.15. The molecule has 0 aliphatic carbocycles. The van der Waals surface area contributed by atoms with E-state index in [4.69, 9.17) is 0 Å². The molecular formula is C16H26BrN5OSSi. The van der Waals surface area contributed by atoms with Crippen molar-refractivity contribution in [2.75, 3.05) is 0 Å². The van der Waals surface area contributed by atoms with Crippen molar-refractivity contribution >= 4 is 35.4 Å². The molecule has 2 rings (SSSR count). The molecule has 2 aromatic rings. The summed E-state index contributed by atoms with van der Waals surface area (Å²) in [6, 6.07) is 3.45. The van der Waals surface area contributed by atoms with E-state index in [0.29, 0.717) is 0 Å². The summed E-state index contributed by atoms with van der Waals surface area (Å²) in [6.07, 6.45) is 4.55. The molecule has 0 bridgehead atoms. The van der Waals surface area contributed by atoms with E-state index in [1.165, 1.54) is 0 Å². The van der Waals surface area contributed by atoms with Crippen molar-refractivity contribution in [2.45, 2.75) is 57.4 Å². The van der Waals surface area contributed by atoms with Gasteiger partial charge in [-0.15, -0.1) is 9.82 Å². The van der Waals surface area contributed by atoms with Gasteiger partial charge < -0.3 is 4.55 Å². The topological polar surface area (TPSA) is 78.7 Å². The molecule has 0 amide bonds. The average molecular weight is 444 g/mol. The molecule has 0 aliphatic heterocycles. The van der Waals surface area contributed by atoms with Crippen LogP contribution >= 0.6 is 15.9 Å². The van der Waals surface area contributed by atoms with Gasteiger partial charge in [0, 0.05) is 28.2 Å². The quantitative estimate of drug-likeness (QED) is 0.545. The van der Waals surface area contributed by atoms with Gasteiger partial charge in [0.15, 0.2) is 0 Å². The molecule has 2 heterocycles. The predicted octanol–water partition coefficient (Wildman–Crippen LogP) is 3.45. The minimum Gasteiger partial charge on any atom is -0.598 e. The van der Waals surface area contributed by atoms with E-state index in [0.717, 1.165) is 22.0 Å². The highest BCUT2D eigenvalue weighted by Crippen LogP contribution is 2.24. The molecule has 25 heavy (non-hydrogen) atoms. The molecule has 2 aromatic heterocycles. The molecule has 138 valence electrons. The Morgan fingerprint density at radius 1 is 1.28 bits per heavy atom. The van der Waals surface area contributed by atoms with Crippen molar-refractivity contribution in [2.24, 2.45) is 0 Å². The first kappa shape index (κ1) is 20.6. The van der Waals surface area contributed by atoms with E-state index in [2.05, 4.69) is 55.6 Å². The number of nitrogens with zero attached hydrogens (tertiary/aromatic N) is 4. The Morgan fingerprint density at radius 3 is 2.48 bits per heavy atom. The molecule has 0 radical (unpaired) electrons. The summed E-state index contributed by atoms with van der Waals surface area (Å²) in [6.45, 7) is 12.7. The minimum absolute atomic E-state index is 0.372. The zero-order valence-electron chi connectivity index (χ0n) is 15.6. The van der Waals surface area contributed by atoms with Crippen molar-refractivity contribution in [1.29, 1.82) is 0 Å². The first-order valence-corrected chi connectivity index (χ1v) is 13.8. The van der Waals surface area contributed by atoms with Crippen LogP contribution < -0.4 is 4.72 Å². The minimum atomic E-state index is -1.31. The smallest absolute Gasteiger partial charge is 0.140 e. The maximum Gasteiger partial charge on any atom is 0.140 e. The molecule has 2 atom stereocenters. The van der Waals surface area contributed by atoms with E-state index in [1.54, 1.807) is 6.20 Å². The summed E-state index contributed by atoms with van der Waals surface area (Å²) in [5, 5.41) is 8.58. The molecule has 0 saturated heterocycles. The highest BCUT2D eigenvalue weighted by Gasteiger charge is 2.32. The lowest BCUT2D eigenvalue weighted by Crippen LogP contribution is -2.42. The second kappa shape index (κ2) is 7.87. The van der Waals surface area contributed by atoms with Gasteiger partial charge in [-0.05, 0) is 48.8 Å². The van der Waals surface area contributed by atoms with Gasteiger partial charge in [-0.25, -0.2) is 0 Å². The Kier molecular flexibility index (Phi) is 6.48. The largest absolute Gasteiger partial charge is 0.598 e. The van der Waals surface area contributed by atoms with Crippen molar-refractivity contribution in [3.05, 3.63) is 40.4 Å². The molecule has 1 unspecified atom stereocenters. The number of hydrogen-bond donors (Lipinski definition) is 1. The van der Waals surface area contributed by atoms with E-state index < -0.39 is 19.4 Å². The van der Waals surface area contributed by atoms with Crippen LogP contribution in [0.2, 0.25) is 19.6 Å². The SMILES string of the molecule is CC(C)(C)[S+]([O-])N[C@@H](c1ccc(Br)cn1)c1cn(C[Si](C)(C)C)nn1. The molecule has 0 spiro atoms. The van der Waals surface area contributed by atoms with Gasteiger partial charge in [-0.2, -0.15) is 0 Å². The fraction of sp³-hybridized carbons (Fsp3) is 0.562. The van der Waals surface area contributed by atoms with Crippen LogP contribution in [0.3, 0.4) is 0 Å². The second-order valence-corrected chi connectivity index (χ2v) is 16.6. The summed E-state index contributed by atoms with van der Waals surface area (Å²) >= 11 is 2.15. The lowest BCUT2D eigenvalue weighted by molar-refractivity contribution is 0.532. The van der Waals surface area contributed by atoms with Gasteiger partial charge in [0.1, 0.15) is 16.5 Å². The molecule has 0 fully saturated rings. The number of hydrogen-bond acceptors (Lipinski definition) is 5. The fourth-order valence-electron chi connectivity index (χ4n) is 2.12. The normalized spacial score (nSPS) is 15.2. The molecule has 6 nitrogen and oxygen atoms in total. The van der Waals surface area contributed by atoms with Crippen LogP contribution in [0.1, 0.15) is 38.2 Å². The van der Waals surface area contributed by atoms with Crippen molar-refractivity contribution in [3.8, 4) is 0 Å². The van der Waals surface area contributed by atoms with Gasteiger partial charge in [-0.3, -0.25) is 9.67 Å². The zero-order chi connectivity index (χ0) is 18.8. The maximum atomic E-state index is 12.6. The highest BCUT2D eigenvalue weighted by molar-refractivity contribution is 9.10.